The molecule has 1 aromatic carbocycles. The molecule has 2 aromatic rings. The third-order valence-corrected chi connectivity index (χ3v) is 5.52. The zero-order valence-electron chi connectivity index (χ0n) is 17.3. The molecular weight excluding hydrogens is 364 g/mol. The van der Waals surface area contributed by atoms with Crippen molar-refractivity contribution in [1.29, 1.82) is 0 Å². The molecule has 29 heavy (non-hydrogen) atoms. The number of rotatable bonds is 7. The van der Waals surface area contributed by atoms with E-state index in [-0.39, 0.29) is 18.4 Å². The summed E-state index contributed by atoms with van der Waals surface area (Å²) in [6.07, 6.45) is 5.98. The van der Waals surface area contributed by atoms with Gasteiger partial charge >= 0.3 is 0 Å². The summed E-state index contributed by atoms with van der Waals surface area (Å²) >= 11 is 0. The molecule has 1 aliphatic rings. The van der Waals surface area contributed by atoms with Crippen LogP contribution in [0.2, 0.25) is 0 Å². The minimum atomic E-state index is -0.0258. The van der Waals surface area contributed by atoms with E-state index in [1.807, 2.05) is 11.0 Å². The fraction of sp³-hybridized carbons (Fsp3) is 0.435. The van der Waals surface area contributed by atoms with Gasteiger partial charge in [-0.25, -0.2) is 4.98 Å². The zero-order valence-corrected chi connectivity index (χ0v) is 17.3. The zero-order chi connectivity index (χ0) is 20.6. The van der Waals surface area contributed by atoms with Gasteiger partial charge in [0.15, 0.2) is 0 Å². The van der Waals surface area contributed by atoms with Gasteiger partial charge in [0.25, 0.3) is 5.91 Å². The van der Waals surface area contributed by atoms with Gasteiger partial charge in [-0.1, -0.05) is 30.3 Å². The highest BCUT2D eigenvalue weighted by Crippen LogP contribution is 2.23. The van der Waals surface area contributed by atoms with Crippen LogP contribution in [0.5, 0.6) is 0 Å². The quantitative estimate of drug-likeness (QED) is 0.784. The van der Waals surface area contributed by atoms with Crippen LogP contribution in [0.15, 0.2) is 48.7 Å². The first-order valence-corrected chi connectivity index (χ1v) is 10.3. The maximum absolute atomic E-state index is 12.8. The van der Waals surface area contributed by atoms with Crippen molar-refractivity contribution in [1.82, 2.24) is 14.8 Å². The molecule has 2 heterocycles. The average Bonchev–Trinajstić information content (AvgIpc) is 2.77. The number of nitrogens with one attached hydrogen (secondary N) is 1. The van der Waals surface area contributed by atoms with Gasteiger partial charge in [-0.2, -0.15) is 0 Å². The molecule has 0 atom stereocenters. The number of benzene rings is 1. The van der Waals surface area contributed by atoms with E-state index in [0.717, 1.165) is 32.4 Å². The molecule has 6 nitrogen and oxygen atoms in total. The lowest BCUT2D eigenvalue weighted by molar-refractivity contribution is -0.126. The first-order chi connectivity index (χ1) is 14.0. The molecule has 0 spiro atoms. The number of pyridine rings is 1. The highest BCUT2D eigenvalue weighted by Gasteiger charge is 2.23. The number of aryl methyl sites for hydroxylation is 1. The number of piperidine rings is 1. The van der Waals surface area contributed by atoms with Crippen LogP contribution in [0, 0.1) is 5.92 Å². The number of amides is 2. The maximum Gasteiger partial charge on any atom is 0.255 e. The lowest BCUT2D eigenvalue weighted by Gasteiger charge is -2.32. The molecule has 3 rings (SSSR count). The molecule has 1 aromatic heterocycles. The number of carbonyl (C=O) groups is 2. The summed E-state index contributed by atoms with van der Waals surface area (Å²) in [4.78, 5) is 32.1. The van der Waals surface area contributed by atoms with Crippen LogP contribution >= 0.6 is 0 Å². The SMILES string of the molecule is CN(C)C(=O)CNc1ccc(C(=O)N2CCC(CCc3ccccc3)CC2)cn1. The van der Waals surface area contributed by atoms with Crippen molar-refractivity contribution in [2.75, 3.05) is 39.0 Å². The Balaban J connectivity index is 1.44. The molecule has 2 amide bonds. The number of nitrogens with zero attached hydrogens (tertiary/aromatic N) is 3. The summed E-state index contributed by atoms with van der Waals surface area (Å²) in [5.41, 5.74) is 1.98. The minimum absolute atomic E-state index is 0.0258. The average molecular weight is 395 g/mol. The second-order valence-electron chi connectivity index (χ2n) is 7.83. The third kappa shape index (κ3) is 6.04. The Morgan fingerprint density at radius 2 is 1.83 bits per heavy atom. The normalized spacial score (nSPS) is 14.5. The first kappa shape index (κ1) is 20.8. The van der Waals surface area contributed by atoms with Gasteiger partial charge in [0, 0.05) is 33.4 Å². The van der Waals surface area contributed by atoms with Gasteiger partial charge < -0.3 is 15.1 Å². The van der Waals surface area contributed by atoms with E-state index in [0.29, 0.717) is 17.3 Å². The molecule has 0 aliphatic carbocycles. The lowest BCUT2D eigenvalue weighted by atomic mass is 9.90. The predicted molar refractivity (Wildman–Crippen MR) is 115 cm³/mol. The van der Waals surface area contributed by atoms with E-state index >= 15 is 0 Å². The Labute approximate surface area is 172 Å². The number of aromatic nitrogens is 1. The molecule has 0 unspecified atom stereocenters. The summed E-state index contributed by atoms with van der Waals surface area (Å²) in [5.74, 6) is 1.28. The summed E-state index contributed by atoms with van der Waals surface area (Å²) in [6.45, 7) is 1.79. The number of anilines is 1. The smallest absolute Gasteiger partial charge is 0.255 e. The van der Waals surface area contributed by atoms with Gasteiger partial charge in [0.1, 0.15) is 5.82 Å². The highest BCUT2D eigenvalue weighted by molar-refractivity contribution is 5.94. The highest BCUT2D eigenvalue weighted by atomic mass is 16.2. The largest absolute Gasteiger partial charge is 0.361 e. The minimum Gasteiger partial charge on any atom is -0.361 e. The van der Waals surface area contributed by atoms with Crippen LogP contribution in [0.25, 0.3) is 0 Å². The third-order valence-electron chi connectivity index (χ3n) is 5.52. The van der Waals surface area contributed by atoms with E-state index in [9.17, 15) is 9.59 Å². The second kappa shape index (κ2) is 10.0. The van der Waals surface area contributed by atoms with E-state index in [1.54, 1.807) is 32.4 Å². The van der Waals surface area contributed by atoms with Crippen LogP contribution in [0.4, 0.5) is 5.82 Å². The van der Waals surface area contributed by atoms with Crippen LogP contribution in [0.3, 0.4) is 0 Å². The van der Waals surface area contributed by atoms with Crippen LogP contribution < -0.4 is 5.32 Å². The fourth-order valence-electron chi connectivity index (χ4n) is 3.57. The number of likely N-dealkylation sites (N-methyl/N-ethyl adjacent to an activating group) is 1. The monoisotopic (exact) mass is 394 g/mol. The van der Waals surface area contributed by atoms with Gasteiger partial charge in [0.2, 0.25) is 5.91 Å². The second-order valence-corrected chi connectivity index (χ2v) is 7.83. The standard InChI is InChI=1S/C23H30N4O2/c1-26(2)22(28)17-25-21-11-10-20(16-24-21)23(29)27-14-12-19(13-15-27)9-8-18-6-4-3-5-7-18/h3-7,10-11,16,19H,8-9,12-15,17H2,1-2H3,(H,24,25). The van der Waals surface area contributed by atoms with E-state index < -0.39 is 0 Å². The van der Waals surface area contributed by atoms with Crippen molar-refractivity contribution in [3.63, 3.8) is 0 Å². The van der Waals surface area contributed by atoms with Gasteiger partial charge in [0.05, 0.1) is 12.1 Å². The van der Waals surface area contributed by atoms with Crippen molar-refractivity contribution < 1.29 is 9.59 Å². The topological polar surface area (TPSA) is 65.5 Å². The molecule has 0 bridgehead atoms. The summed E-state index contributed by atoms with van der Waals surface area (Å²) in [6, 6.07) is 14.1. The van der Waals surface area contributed by atoms with E-state index in [2.05, 4.69) is 34.6 Å². The van der Waals surface area contributed by atoms with E-state index in [4.69, 9.17) is 0 Å². The molecule has 0 saturated carbocycles. The van der Waals surface area contributed by atoms with Crippen molar-refractivity contribution in [2.24, 2.45) is 5.92 Å². The van der Waals surface area contributed by atoms with Crippen molar-refractivity contribution in [2.45, 2.75) is 25.7 Å². The Morgan fingerprint density at radius 1 is 1.10 bits per heavy atom. The summed E-state index contributed by atoms with van der Waals surface area (Å²) in [7, 11) is 3.42. The van der Waals surface area contributed by atoms with Crippen LogP contribution in [0.1, 0.15) is 35.2 Å². The Hall–Kier alpha value is -2.89. The molecule has 1 N–H and O–H groups in total. The van der Waals surface area contributed by atoms with Gasteiger partial charge in [-0.15, -0.1) is 0 Å². The molecule has 1 aliphatic heterocycles. The predicted octanol–water partition coefficient (Wildman–Crippen LogP) is 3.07. The van der Waals surface area contributed by atoms with E-state index in [1.165, 1.54) is 16.9 Å². The number of carbonyl (C=O) groups excluding carboxylic acids is 2. The number of hydrogen-bond acceptors (Lipinski definition) is 4. The molecule has 6 heteroatoms. The van der Waals surface area contributed by atoms with Crippen LogP contribution in [-0.2, 0) is 11.2 Å². The number of likely N-dealkylation sites (tertiary alicyclic amines) is 1. The van der Waals surface area contributed by atoms with Gasteiger partial charge in [-0.05, 0) is 49.3 Å². The molecule has 1 fully saturated rings. The fourth-order valence-corrected chi connectivity index (χ4v) is 3.57. The van der Waals surface area contributed by atoms with Crippen LogP contribution in [-0.4, -0.2) is 60.3 Å². The number of hydrogen-bond donors (Lipinski definition) is 1. The Morgan fingerprint density at radius 3 is 2.45 bits per heavy atom. The van der Waals surface area contributed by atoms with Gasteiger partial charge in [-0.3, -0.25) is 9.59 Å². The maximum atomic E-state index is 12.8. The van der Waals surface area contributed by atoms with Crippen molar-refractivity contribution in [3.05, 3.63) is 59.8 Å². The molecule has 0 radical (unpaired) electrons. The van der Waals surface area contributed by atoms with Crippen molar-refractivity contribution >= 4 is 17.6 Å². The lowest BCUT2D eigenvalue weighted by Crippen LogP contribution is -2.38. The summed E-state index contributed by atoms with van der Waals surface area (Å²) in [5, 5.41) is 2.98. The first-order valence-electron chi connectivity index (χ1n) is 10.3. The summed E-state index contributed by atoms with van der Waals surface area (Å²) < 4.78 is 0. The molecule has 1 saturated heterocycles. The molecule has 154 valence electrons. The Bertz CT molecular complexity index is 797. The van der Waals surface area contributed by atoms with Crippen molar-refractivity contribution in [3.8, 4) is 0 Å². The molecular formula is C23H30N4O2. The Kier molecular flexibility index (Phi) is 7.22.